The topological polar surface area (TPSA) is 42.2 Å². The first-order chi connectivity index (χ1) is 10.0. The van der Waals surface area contributed by atoms with Crippen LogP contribution in [0.5, 0.6) is 0 Å². The third-order valence-electron chi connectivity index (χ3n) is 3.00. The summed E-state index contributed by atoms with van der Waals surface area (Å²) in [6.45, 7) is 8.27. The highest BCUT2D eigenvalue weighted by atomic mass is 35.5. The van der Waals surface area contributed by atoms with Gasteiger partial charge in [-0.25, -0.2) is 0 Å². The lowest BCUT2D eigenvalue weighted by molar-refractivity contribution is 0.252. The summed E-state index contributed by atoms with van der Waals surface area (Å²) in [5.41, 5.74) is 2.50. The summed E-state index contributed by atoms with van der Waals surface area (Å²) in [6.07, 6.45) is 2.19. The minimum Gasteiger partial charge on any atom is -0.424 e. The number of halogens is 1. The zero-order valence-electron chi connectivity index (χ0n) is 12.6. The van der Waals surface area contributed by atoms with Gasteiger partial charge < -0.3 is 4.42 Å². The third-order valence-corrected chi connectivity index (χ3v) is 3.26. The van der Waals surface area contributed by atoms with Crippen molar-refractivity contribution >= 4 is 11.6 Å². The van der Waals surface area contributed by atoms with Gasteiger partial charge in [0.05, 0.1) is 6.54 Å². The average Bonchev–Trinajstić information content (AvgIpc) is 2.84. The molecule has 0 aliphatic heterocycles. The minimum atomic E-state index is 0.596. The maximum Gasteiger partial charge on any atom is 0.230 e. The SMILES string of the molecule is CC(C)=CCN(Cc1ccc(Cl)cc1)Cc1nnc(C)o1. The van der Waals surface area contributed by atoms with Gasteiger partial charge in [-0.3, -0.25) is 4.90 Å². The second kappa shape index (κ2) is 7.38. The fourth-order valence-corrected chi connectivity index (χ4v) is 2.06. The smallest absolute Gasteiger partial charge is 0.230 e. The Bertz CT molecular complexity index is 600. The zero-order valence-corrected chi connectivity index (χ0v) is 13.4. The van der Waals surface area contributed by atoms with E-state index in [1.54, 1.807) is 6.92 Å². The lowest BCUT2D eigenvalue weighted by atomic mass is 10.2. The second-order valence-electron chi connectivity index (χ2n) is 5.29. The Hall–Kier alpha value is -1.65. The average molecular weight is 306 g/mol. The van der Waals surface area contributed by atoms with Crippen LogP contribution in [0.15, 0.2) is 40.3 Å². The molecule has 0 atom stereocenters. The molecule has 4 nitrogen and oxygen atoms in total. The van der Waals surface area contributed by atoms with E-state index in [0.29, 0.717) is 18.3 Å². The zero-order chi connectivity index (χ0) is 15.2. The predicted molar refractivity (Wildman–Crippen MR) is 84.0 cm³/mol. The van der Waals surface area contributed by atoms with Gasteiger partial charge in [0.25, 0.3) is 0 Å². The van der Waals surface area contributed by atoms with E-state index in [4.69, 9.17) is 16.0 Å². The van der Waals surface area contributed by atoms with E-state index in [9.17, 15) is 0 Å². The van der Waals surface area contributed by atoms with Gasteiger partial charge in [-0.2, -0.15) is 0 Å². The van der Waals surface area contributed by atoms with Crippen molar-refractivity contribution in [2.75, 3.05) is 6.54 Å². The molecule has 0 bridgehead atoms. The van der Waals surface area contributed by atoms with E-state index in [1.165, 1.54) is 11.1 Å². The highest BCUT2D eigenvalue weighted by Gasteiger charge is 2.10. The van der Waals surface area contributed by atoms with Crippen LogP contribution in [0.4, 0.5) is 0 Å². The molecule has 0 radical (unpaired) electrons. The fourth-order valence-electron chi connectivity index (χ4n) is 1.94. The largest absolute Gasteiger partial charge is 0.424 e. The van der Waals surface area contributed by atoms with Gasteiger partial charge in [0.2, 0.25) is 11.8 Å². The fraction of sp³-hybridized carbons (Fsp3) is 0.375. The van der Waals surface area contributed by atoms with E-state index < -0.39 is 0 Å². The molecule has 0 N–H and O–H groups in total. The van der Waals surface area contributed by atoms with Gasteiger partial charge in [0.1, 0.15) is 0 Å². The van der Waals surface area contributed by atoms with Gasteiger partial charge in [-0.05, 0) is 31.5 Å². The molecule has 2 rings (SSSR count). The summed E-state index contributed by atoms with van der Waals surface area (Å²) in [7, 11) is 0. The second-order valence-corrected chi connectivity index (χ2v) is 5.73. The molecule has 0 unspecified atom stereocenters. The first kappa shape index (κ1) is 15.7. The van der Waals surface area contributed by atoms with Crippen molar-refractivity contribution in [3.05, 3.63) is 58.3 Å². The van der Waals surface area contributed by atoms with Gasteiger partial charge in [0, 0.05) is 25.0 Å². The first-order valence-electron chi connectivity index (χ1n) is 6.92. The predicted octanol–water partition coefficient (Wildman–Crippen LogP) is 4.00. The van der Waals surface area contributed by atoms with Crippen LogP contribution in [-0.2, 0) is 13.1 Å². The Kier molecular flexibility index (Phi) is 5.53. The van der Waals surface area contributed by atoms with Crippen molar-refractivity contribution in [2.45, 2.75) is 33.9 Å². The molecule has 112 valence electrons. The number of rotatable bonds is 6. The van der Waals surface area contributed by atoms with E-state index in [1.807, 2.05) is 24.3 Å². The Morgan fingerprint density at radius 1 is 1.19 bits per heavy atom. The van der Waals surface area contributed by atoms with E-state index >= 15 is 0 Å². The number of aryl methyl sites for hydroxylation is 1. The number of allylic oxidation sites excluding steroid dienone is 1. The summed E-state index contributed by atoms with van der Waals surface area (Å²) >= 11 is 5.93. The lowest BCUT2D eigenvalue weighted by Gasteiger charge is -2.19. The van der Waals surface area contributed by atoms with Crippen LogP contribution in [0.25, 0.3) is 0 Å². The summed E-state index contributed by atoms with van der Waals surface area (Å²) in [4.78, 5) is 2.25. The molecule has 0 fully saturated rings. The highest BCUT2D eigenvalue weighted by Crippen LogP contribution is 2.13. The van der Waals surface area contributed by atoms with Crippen LogP contribution in [0.3, 0.4) is 0 Å². The van der Waals surface area contributed by atoms with Crippen molar-refractivity contribution in [3.8, 4) is 0 Å². The standard InChI is InChI=1S/C16H20ClN3O/c1-12(2)8-9-20(11-16-19-18-13(3)21-16)10-14-4-6-15(17)7-5-14/h4-8H,9-11H2,1-3H3. The van der Waals surface area contributed by atoms with Gasteiger partial charge in [-0.15, -0.1) is 10.2 Å². The first-order valence-corrected chi connectivity index (χ1v) is 7.30. The molecule has 0 spiro atoms. The number of hydrogen-bond acceptors (Lipinski definition) is 4. The van der Waals surface area contributed by atoms with Crippen molar-refractivity contribution in [1.29, 1.82) is 0 Å². The number of aromatic nitrogens is 2. The normalized spacial score (nSPS) is 10.9. The quantitative estimate of drug-likeness (QED) is 0.757. The van der Waals surface area contributed by atoms with Gasteiger partial charge in [-0.1, -0.05) is 35.4 Å². The number of nitrogens with zero attached hydrogens (tertiary/aromatic N) is 3. The molecule has 0 aliphatic rings. The van der Waals surface area contributed by atoms with Crippen molar-refractivity contribution < 1.29 is 4.42 Å². The van der Waals surface area contributed by atoms with Gasteiger partial charge in [0.15, 0.2) is 0 Å². The van der Waals surface area contributed by atoms with E-state index in [2.05, 4.69) is 35.0 Å². The van der Waals surface area contributed by atoms with Crippen molar-refractivity contribution in [1.82, 2.24) is 15.1 Å². The van der Waals surface area contributed by atoms with Crippen LogP contribution in [0.2, 0.25) is 5.02 Å². The molecule has 1 heterocycles. The highest BCUT2D eigenvalue weighted by molar-refractivity contribution is 6.30. The van der Waals surface area contributed by atoms with Crippen LogP contribution < -0.4 is 0 Å². The van der Waals surface area contributed by atoms with Crippen molar-refractivity contribution in [2.24, 2.45) is 0 Å². The Morgan fingerprint density at radius 3 is 2.48 bits per heavy atom. The molecule has 1 aromatic heterocycles. The molecule has 0 amide bonds. The van der Waals surface area contributed by atoms with Crippen LogP contribution in [0, 0.1) is 6.92 Å². The number of benzene rings is 1. The van der Waals surface area contributed by atoms with Crippen LogP contribution >= 0.6 is 11.6 Å². The van der Waals surface area contributed by atoms with Crippen molar-refractivity contribution in [3.63, 3.8) is 0 Å². The summed E-state index contributed by atoms with van der Waals surface area (Å²) < 4.78 is 5.47. The molecule has 1 aromatic carbocycles. The molecule has 0 aliphatic carbocycles. The maximum absolute atomic E-state index is 5.93. The lowest BCUT2D eigenvalue weighted by Crippen LogP contribution is -2.23. The Morgan fingerprint density at radius 2 is 1.90 bits per heavy atom. The molecule has 21 heavy (non-hydrogen) atoms. The third kappa shape index (κ3) is 5.33. The molecule has 0 saturated heterocycles. The van der Waals surface area contributed by atoms with Crippen LogP contribution in [-0.4, -0.2) is 21.6 Å². The monoisotopic (exact) mass is 305 g/mol. The van der Waals surface area contributed by atoms with E-state index in [-0.39, 0.29) is 0 Å². The molecule has 2 aromatic rings. The van der Waals surface area contributed by atoms with Crippen LogP contribution in [0.1, 0.15) is 31.2 Å². The summed E-state index contributed by atoms with van der Waals surface area (Å²) in [6, 6.07) is 7.90. The summed E-state index contributed by atoms with van der Waals surface area (Å²) in [5.74, 6) is 1.24. The van der Waals surface area contributed by atoms with E-state index in [0.717, 1.165) is 18.1 Å². The minimum absolute atomic E-state index is 0.596. The Balaban J connectivity index is 2.07. The Labute approximate surface area is 130 Å². The molecule has 0 saturated carbocycles. The summed E-state index contributed by atoms with van der Waals surface area (Å²) in [5, 5.41) is 8.70. The molecular weight excluding hydrogens is 286 g/mol. The number of hydrogen-bond donors (Lipinski definition) is 0. The maximum atomic E-state index is 5.93. The molecule has 5 heteroatoms. The molecular formula is C16H20ClN3O. The van der Waals surface area contributed by atoms with Gasteiger partial charge >= 0.3 is 0 Å².